The van der Waals surface area contributed by atoms with E-state index in [1.165, 1.54) is 6.26 Å². The van der Waals surface area contributed by atoms with E-state index in [0.717, 1.165) is 11.3 Å². The summed E-state index contributed by atoms with van der Waals surface area (Å²) < 4.78 is 11.2. The summed E-state index contributed by atoms with van der Waals surface area (Å²) >= 11 is 0. The number of ether oxygens (including phenoxy) is 1. The minimum atomic E-state index is -0.272. The van der Waals surface area contributed by atoms with Gasteiger partial charge in [-0.15, -0.1) is 0 Å². The van der Waals surface area contributed by atoms with Crippen LogP contribution in [0.15, 0.2) is 28.9 Å². The molecule has 0 fully saturated rings. The molecule has 2 aromatic rings. The van der Waals surface area contributed by atoms with E-state index in [1.54, 1.807) is 30.1 Å². The summed E-state index contributed by atoms with van der Waals surface area (Å²) in [5.41, 5.74) is 2.21. The standard InChI is InChI=1S/C22H27N3O4/c1-6-28-18-7-13-10-25(20(23)15(13)9-16(18)21(27)24-5)11-17(26)14-8-19(29-12-14)22(2,3)4/h7-9,12,23H,6,10-11H2,1-5H3,(H,24,27). The number of hydrogen-bond donors (Lipinski definition) is 2. The molecule has 3 rings (SSSR count). The topological polar surface area (TPSA) is 95.6 Å². The summed E-state index contributed by atoms with van der Waals surface area (Å²) in [5.74, 6) is 1.07. The third kappa shape index (κ3) is 4.04. The maximum atomic E-state index is 12.7. The smallest absolute Gasteiger partial charge is 0.254 e. The van der Waals surface area contributed by atoms with E-state index >= 15 is 0 Å². The van der Waals surface area contributed by atoms with Crippen LogP contribution in [0.4, 0.5) is 0 Å². The molecular formula is C22H27N3O4. The normalized spacial score (nSPS) is 13.4. The Balaban J connectivity index is 1.82. The highest BCUT2D eigenvalue weighted by molar-refractivity contribution is 6.07. The van der Waals surface area contributed by atoms with E-state index in [4.69, 9.17) is 14.6 Å². The van der Waals surface area contributed by atoms with Gasteiger partial charge in [0.25, 0.3) is 5.91 Å². The predicted octanol–water partition coefficient (Wildman–Crippen LogP) is 3.36. The highest BCUT2D eigenvalue weighted by Crippen LogP contribution is 2.31. The minimum absolute atomic E-state index is 0.0654. The van der Waals surface area contributed by atoms with Gasteiger partial charge in [-0.1, -0.05) is 20.8 Å². The molecule has 1 aliphatic heterocycles. The zero-order valence-corrected chi connectivity index (χ0v) is 17.5. The van der Waals surface area contributed by atoms with Crippen LogP contribution in [0.5, 0.6) is 5.75 Å². The molecule has 1 amide bonds. The van der Waals surface area contributed by atoms with E-state index < -0.39 is 0 Å². The van der Waals surface area contributed by atoms with E-state index in [-0.39, 0.29) is 29.5 Å². The fraction of sp³-hybridized carbons (Fsp3) is 0.409. The van der Waals surface area contributed by atoms with E-state index in [9.17, 15) is 9.59 Å². The molecule has 154 valence electrons. The first kappa shape index (κ1) is 20.6. The van der Waals surface area contributed by atoms with Crippen molar-refractivity contribution in [2.24, 2.45) is 0 Å². The monoisotopic (exact) mass is 397 g/mol. The number of carbonyl (C=O) groups is 2. The maximum Gasteiger partial charge on any atom is 0.254 e. The third-order valence-corrected chi connectivity index (χ3v) is 4.90. The number of rotatable bonds is 6. The quantitative estimate of drug-likeness (QED) is 0.729. The molecular weight excluding hydrogens is 370 g/mol. The second-order valence-electron chi connectivity index (χ2n) is 8.10. The van der Waals surface area contributed by atoms with Crippen LogP contribution >= 0.6 is 0 Å². The van der Waals surface area contributed by atoms with Gasteiger partial charge in [0.15, 0.2) is 5.78 Å². The first-order valence-electron chi connectivity index (χ1n) is 9.63. The Morgan fingerprint density at radius 3 is 2.59 bits per heavy atom. The summed E-state index contributed by atoms with van der Waals surface area (Å²) in [6, 6.07) is 5.23. The van der Waals surface area contributed by atoms with Crippen molar-refractivity contribution in [1.29, 1.82) is 5.41 Å². The second kappa shape index (κ2) is 7.73. The average Bonchev–Trinajstić information content (AvgIpc) is 3.27. The molecule has 0 atom stereocenters. The van der Waals surface area contributed by atoms with Gasteiger partial charge in [-0.25, -0.2) is 0 Å². The van der Waals surface area contributed by atoms with Crippen LogP contribution in [-0.4, -0.2) is 42.6 Å². The number of Topliss-reactive ketones (excluding diaryl/α,β-unsaturated/α-hetero) is 1. The van der Waals surface area contributed by atoms with Crippen molar-refractivity contribution in [3.05, 3.63) is 52.5 Å². The first-order chi connectivity index (χ1) is 13.7. The summed E-state index contributed by atoms with van der Waals surface area (Å²) in [7, 11) is 1.55. The lowest BCUT2D eigenvalue weighted by atomic mass is 9.93. The van der Waals surface area contributed by atoms with Gasteiger partial charge >= 0.3 is 0 Å². The highest BCUT2D eigenvalue weighted by atomic mass is 16.5. The van der Waals surface area contributed by atoms with Crippen LogP contribution in [-0.2, 0) is 12.0 Å². The molecule has 2 heterocycles. The van der Waals surface area contributed by atoms with Crippen LogP contribution in [0.1, 0.15) is 65.3 Å². The van der Waals surface area contributed by atoms with Crippen molar-refractivity contribution in [3.63, 3.8) is 0 Å². The second-order valence-corrected chi connectivity index (χ2v) is 8.10. The van der Waals surface area contributed by atoms with Crippen LogP contribution in [0.25, 0.3) is 0 Å². The number of furan rings is 1. The van der Waals surface area contributed by atoms with E-state index in [0.29, 0.717) is 35.6 Å². The van der Waals surface area contributed by atoms with Gasteiger partial charge in [0.1, 0.15) is 23.6 Å². The number of nitrogens with one attached hydrogen (secondary N) is 2. The van der Waals surface area contributed by atoms with Crippen LogP contribution < -0.4 is 10.1 Å². The van der Waals surface area contributed by atoms with Gasteiger partial charge in [0.05, 0.1) is 24.3 Å². The third-order valence-electron chi connectivity index (χ3n) is 4.90. The Morgan fingerprint density at radius 1 is 1.28 bits per heavy atom. The molecule has 7 heteroatoms. The lowest BCUT2D eigenvalue weighted by Gasteiger charge is -2.16. The van der Waals surface area contributed by atoms with Crippen molar-refractivity contribution < 1.29 is 18.7 Å². The summed E-state index contributed by atoms with van der Waals surface area (Å²) in [6.07, 6.45) is 1.48. The summed E-state index contributed by atoms with van der Waals surface area (Å²) in [4.78, 5) is 26.6. The maximum absolute atomic E-state index is 12.7. The van der Waals surface area contributed by atoms with Gasteiger partial charge in [-0.05, 0) is 30.7 Å². The number of amides is 1. The van der Waals surface area contributed by atoms with Gasteiger partial charge in [-0.2, -0.15) is 0 Å². The molecule has 7 nitrogen and oxygen atoms in total. The van der Waals surface area contributed by atoms with Crippen molar-refractivity contribution in [2.45, 2.75) is 39.7 Å². The molecule has 0 radical (unpaired) electrons. The zero-order valence-electron chi connectivity index (χ0n) is 17.5. The molecule has 1 aromatic heterocycles. The van der Waals surface area contributed by atoms with Crippen molar-refractivity contribution in [2.75, 3.05) is 20.2 Å². The largest absolute Gasteiger partial charge is 0.493 e. The molecule has 0 unspecified atom stereocenters. The number of amidine groups is 1. The Bertz CT molecular complexity index is 969. The number of nitrogens with zero attached hydrogens (tertiary/aromatic N) is 1. The number of hydrogen-bond acceptors (Lipinski definition) is 5. The molecule has 29 heavy (non-hydrogen) atoms. The highest BCUT2D eigenvalue weighted by Gasteiger charge is 2.30. The van der Waals surface area contributed by atoms with Crippen molar-refractivity contribution in [3.8, 4) is 5.75 Å². The molecule has 1 aliphatic rings. The number of ketones is 1. The summed E-state index contributed by atoms with van der Waals surface area (Å²) in [5, 5.41) is 11.1. The molecule has 0 saturated heterocycles. The summed E-state index contributed by atoms with van der Waals surface area (Å²) in [6.45, 7) is 8.82. The first-order valence-corrected chi connectivity index (χ1v) is 9.63. The SMILES string of the molecule is CCOc1cc2c(cc1C(=O)NC)C(=N)N(CC(=O)c1coc(C(C)(C)C)c1)C2. The number of benzene rings is 1. The van der Waals surface area contributed by atoms with E-state index in [1.807, 2.05) is 27.7 Å². The van der Waals surface area contributed by atoms with Crippen LogP contribution in [0.3, 0.4) is 0 Å². The average molecular weight is 397 g/mol. The molecule has 0 bridgehead atoms. The Hall–Kier alpha value is -3.09. The van der Waals surface area contributed by atoms with Gasteiger partial charge < -0.3 is 19.4 Å². The van der Waals surface area contributed by atoms with Gasteiger partial charge in [0, 0.05) is 24.6 Å². The molecule has 0 spiro atoms. The lowest BCUT2D eigenvalue weighted by Crippen LogP contribution is -2.30. The molecule has 1 aromatic carbocycles. The number of carbonyl (C=O) groups excluding carboxylic acids is 2. The van der Waals surface area contributed by atoms with Crippen LogP contribution in [0, 0.1) is 5.41 Å². The van der Waals surface area contributed by atoms with Crippen molar-refractivity contribution in [1.82, 2.24) is 10.2 Å². The van der Waals surface area contributed by atoms with Gasteiger partial charge in [0.2, 0.25) is 0 Å². The molecule has 0 aliphatic carbocycles. The fourth-order valence-electron chi connectivity index (χ4n) is 3.29. The Labute approximate surface area is 170 Å². The molecule has 0 saturated carbocycles. The van der Waals surface area contributed by atoms with Crippen molar-refractivity contribution >= 4 is 17.5 Å². The Morgan fingerprint density at radius 2 is 2.00 bits per heavy atom. The van der Waals surface area contributed by atoms with E-state index in [2.05, 4.69) is 5.32 Å². The van der Waals surface area contributed by atoms with Crippen LogP contribution in [0.2, 0.25) is 0 Å². The zero-order chi connectivity index (χ0) is 21.3. The fourth-order valence-corrected chi connectivity index (χ4v) is 3.29. The number of fused-ring (bicyclic) bond motifs is 1. The Kier molecular flexibility index (Phi) is 5.50. The van der Waals surface area contributed by atoms with Gasteiger partial charge in [-0.3, -0.25) is 15.0 Å². The lowest BCUT2D eigenvalue weighted by molar-refractivity contribution is 0.0952. The molecule has 2 N–H and O–H groups in total. The predicted molar refractivity (Wildman–Crippen MR) is 110 cm³/mol. The minimum Gasteiger partial charge on any atom is -0.493 e.